The van der Waals surface area contributed by atoms with Gasteiger partial charge in [-0.25, -0.2) is 0 Å². The van der Waals surface area contributed by atoms with E-state index in [4.69, 9.17) is 11.6 Å². The lowest BCUT2D eigenvalue weighted by molar-refractivity contribution is 0.703. The van der Waals surface area contributed by atoms with Gasteiger partial charge in [0.2, 0.25) is 0 Å². The van der Waals surface area contributed by atoms with E-state index in [1.807, 2.05) is 18.2 Å². The van der Waals surface area contributed by atoms with Gasteiger partial charge in [0.15, 0.2) is 0 Å². The third-order valence-electron chi connectivity index (χ3n) is 2.00. The van der Waals surface area contributed by atoms with E-state index in [2.05, 4.69) is 29.4 Å². The summed E-state index contributed by atoms with van der Waals surface area (Å²) in [5, 5.41) is 4.75. The number of hydrogen-bond donors (Lipinski definition) is 0. The molecule has 2 rings (SSSR count). The minimum Gasteiger partial charge on any atom is -0.267 e. The van der Waals surface area contributed by atoms with E-state index < -0.39 is 0 Å². The van der Waals surface area contributed by atoms with Crippen LogP contribution in [-0.2, 0) is 6.54 Å². The summed E-state index contributed by atoms with van der Waals surface area (Å²) in [4.78, 5) is 0. The first kappa shape index (κ1) is 9.99. The van der Waals surface area contributed by atoms with E-state index in [1.54, 1.807) is 17.1 Å². The first-order chi connectivity index (χ1) is 7.34. The maximum atomic E-state index is 5.75. The highest BCUT2D eigenvalue weighted by Crippen LogP contribution is 2.05. The molecule has 15 heavy (non-hydrogen) atoms. The van der Waals surface area contributed by atoms with Gasteiger partial charge in [-0.2, -0.15) is 5.10 Å². The standard InChI is InChI=1S/C12H11ClN2/c13-12-9-14-15(10-12)8-4-7-11-5-2-1-3-6-11/h1-7,9-10H,8H2/b7-4-. The third kappa shape index (κ3) is 2.96. The van der Waals surface area contributed by atoms with Gasteiger partial charge in [0.1, 0.15) is 0 Å². The van der Waals surface area contributed by atoms with Crippen LogP contribution in [0, 0.1) is 0 Å². The minimum atomic E-state index is 0.670. The molecule has 3 heteroatoms. The number of benzene rings is 1. The van der Waals surface area contributed by atoms with E-state index in [1.165, 1.54) is 5.56 Å². The summed E-state index contributed by atoms with van der Waals surface area (Å²) >= 11 is 5.75. The molecule has 1 aromatic heterocycles. The Hall–Kier alpha value is -1.54. The van der Waals surface area contributed by atoms with Crippen LogP contribution < -0.4 is 0 Å². The molecule has 2 nitrogen and oxygen atoms in total. The highest BCUT2D eigenvalue weighted by Gasteiger charge is 1.91. The summed E-state index contributed by atoms with van der Waals surface area (Å²) in [5.74, 6) is 0. The number of allylic oxidation sites excluding steroid dienone is 1. The predicted octanol–water partition coefficient (Wildman–Crippen LogP) is 3.25. The minimum absolute atomic E-state index is 0.670. The third-order valence-corrected chi connectivity index (χ3v) is 2.20. The van der Waals surface area contributed by atoms with Crippen LogP contribution in [-0.4, -0.2) is 9.78 Å². The zero-order valence-electron chi connectivity index (χ0n) is 8.18. The van der Waals surface area contributed by atoms with Crippen molar-refractivity contribution in [2.75, 3.05) is 0 Å². The van der Waals surface area contributed by atoms with Crippen LogP contribution in [0.3, 0.4) is 0 Å². The van der Waals surface area contributed by atoms with Gasteiger partial charge >= 0.3 is 0 Å². The Bertz CT molecular complexity index is 446. The van der Waals surface area contributed by atoms with Crippen LogP contribution in [0.4, 0.5) is 0 Å². The number of hydrogen-bond acceptors (Lipinski definition) is 1. The van der Waals surface area contributed by atoms with E-state index in [-0.39, 0.29) is 0 Å². The van der Waals surface area contributed by atoms with Gasteiger partial charge < -0.3 is 0 Å². The summed E-state index contributed by atoms with van der Waals surface area (Å²) in [6, 6.07) is 10.2. The van der Waals surface area contributed by atoms with Gasteiger partial charge in [-0.05, 0) is 5.56 Å². The van der Waals surface area contributed by atoms with Gasteiger partial charge in [-0.15, -0.1) is 0 Å². The average Bonchev–Trinajstić information content (AvgIpc) is 2.66. The SMILES string of the molecule is Clc1cnn(C/C=C\c2ccccc2)c1. The number of nitrogens with zero attached hydrogens (tertiary/aromatic N) is 2. The molecule has 1 aromatic carbocycles. The quantitative estimate of drug-likeness (QED) is 0.774. The molecule has 0 fully saturated rings. The van der Waals surface area contributed by atoms with Crippen LogP contribution >= 0.6 is 11.6 Å². The monoisotopic (exact) mass is 218 g/mol. The summed E-state index contributed by atoms with van der Waals surface area (Å²) in [6.07, 6.45) is 7.56. The Morgan fingerprint density at radius 2 is 2.07 bits per heavy atom. The highest BCUT2D eigenvalue weighted by molar-refractivity contribution is 6.30. The Labute approximate surface area is 93.8 Å². The van der Waals surface area contributed by atoms with Crippen molar-refractivity contribution in [3.63, 3.8) is 0 Å². The number of rotatable bonds is 3. The molecule has 0 spiro atoms. The van der Waals surface area contributed by atoms with Gasteiger partial charge in [-0.1, -0.05) is 54.1 Å². The zero-order valence-corrected chi connectivity index (χ0v) is 8.93. The lowest BCUT2D eigenvalue weighted by Gasteiger charge is -1.94. The number of aromatic nitrogens is 2. The molecule has 0 aliphatic heterocycles. The molecule has 0 aliphatic carbocycles. The van der Waals surface area contributed by atoms with Crippen molar-refractivity contribution in [1.29, 1.82) is 0 Å². The summed E-state index contributed by atoms with van der Waals surface area (Å²) in [7, 11) is 0. The summed E-state index contributed by atoms with van der Waals surface area (Å²) in [5.41, 5.74) is 1.19. The molecule has 0 bridgehead atoms. The molecule has 0 N–H and O–H groups in total. The van der Waals surface area contributed by atoms with Gasteiger partial charge in [0, 0.05) is 6.20 Å². The van der Waals surface area contributed by atoms with Crippen molar-refractivity contribution in [2.45, 2.75) is 6.54 Å². The van der Waals surface area contributed by atoms with Crippen LogP contribution in [0.25, 0.3) is 6.08 Å². The fraction of sp³-hybridized carbons (Fsp3) is 0.0833. The molecule has 0 saturated heterocycles. The molecule has 0 radical (unpaired) electrons. The average molecular weight is 219 g/mol. The second-order valence-corrected chi connectivity index (χ2v) is 3.63. The van der Waals surface area contributed by atoms with Gasteiger partial charge in [0.25, 0.3) is 0 Å². The highest BCUT2D eigenvalue weighted by atomic mass is 35.5. The smallest absolute Gasteiger partial charge is 0.0785 e. The second-order valence-electron chi connectivity index (χ2n) is 3.19. The molecule has 2 aromatic rings. The first-order valence-electron chi connectivity index (χ1n) is 4.74. The van der Waals surface area contributed by atoms with Crippen LogP contribution in [0.5, 0.6) is 0 Å². The van der Waals surface area contributed by atoms with Crippen molar-refractivity contribution in [2.24, 2.45) is 0 Å². The molecular weight excluding hydrogens is 208 g/mol. The molecule has 0 saturated carbocycles. The Kier molecular flexibility index (Phi) is 3.20. The normalized spacial score (nSPS) is 11.0. The zero-order chi connectivity index (χ0) is 10.5. The largest absolute Gasteiger partial charge is 0.267 e. The van der Waals surface area contributed by atoms with Crippen LogP contribution in [0.1, 0.15) is 5.56 Å². The second kappa shape index (κ2) is 4.80. The van der Waals surface area contributed by atoms with E-state index in [0.29, 0.717) is 5.02 Å². The molecule has 0 amide bonds. The van der Waals surface area contributed by atoms with Crippen molar-refractivity contribution >= 4 is 17.7 Å². The molecule has 1 heterocycles. The Morgan fingerprint density at radius 3 is 2.73 bits per heavy atom. The lowest BCUT2D eigenvalue weighted by atomic mass is 10.2. The Balaban J connectivity index is 1.96. The van der Waals surface area contributed by atoms with Crippen molar-refractivity contribution in [1.82, 2.24) is 9.78 Å². The fourth-order valence-electron chi connectivity index (χ4n) is 1.30. The fourth-order valence-corrected chi connectivity index (χ4v) is 1.46. The first-order valence-corrected chi connectivity index (χ1v) is 5.12. The van der Waals surface area contributed by atoms with Crippen molar-refractivity contribution in [3.05, 3.63) is 59.4 Å². The predicted molar refractivity (Wildman–Crippen MR) is 62.7 cm³/mol. The summed E-state index contributed by atoms with van der Waals surface area (Å²) in [6.45, 7) is 0.738. The van der Waals surface area contributed by atoms with Gasteiger partial charge in [0.05, 0.1) is 17.8 Å². The Morgan fingerprint density at radius 1 is 1.27 bits per heavy atom. The molecule has 0 atom stereocenters. The molecular formula is C12H11ClN2. The van der Waals surface area contributed by atoms with Crippen molar-refractivity contribution in [3.8, 4) is 0 Å². The maximum absolute atomic E-state index is 5.75. The van der Waals surface area contributed by atoms with Crippen LogP contribution in [0.2, 0.25) is 5.02 Å². The van der Waals surface area contributed by atoms with E-state index in [9.17, 15) is 0 Å². The number of halogens is 1. The summed E-state index contributed by atoms with van der Waals surface area (Å²) < 4.78 is 1.79. The van der Waals surface area contributed by atoms with E-state index >= 15 is 0 Å². The molecule has 0 unspecified atom stereocenters. The van der Waals surface area contributed by atoms with Crippen LogP contribution in [0.15, 0.2) is 48.8 Å². The molecule has 76 valence electrons. The van der Waals surface area contributed by atoms with Crippen molar-refractivity contribution < 1.29 is 0 Å². The van der Waals surface area contributed by atoms with E-state index in [0.717, 1.165) is 6.54 Å². The van der Waals surface area contributed by atoms with Gasteiger partial charge in [-0.3, -0.25) is 4.68 Å². The topological polar surface area (TPSA) is 17.8 Å². The maximum Gasteiger partial charge on any atom is 0.0785 e. The molecule has 0 aliphatic rings. The lowest BCUT2D eigenvalue weighted by Crippen LogP contribution is -1.93.